The molecule has 9 nitrogen and oxygen atoms in total. The normalized spacial score (nSPS) is 12.6. The maximum Gasteiger partial charge on any atom is 0.325 e. The Labute approximate surface area is 143 Å². The first-order valence-corrected chi connectivity index (χ1v) is 7.58. The number of fused-ring (bicyclic) bond motifs is 1. The van der Waals surface area contributed by atoms with Gasteiger partial charge in [0, 0.05) is 0 Å². The van der Waals surface area contributed by atoms with Gasteiger partial charge in [0.05, 0.1) is 24.3 Å². The molecule has 0 spiro atoms. The minimum absolute atomic E-state index is 0.200. The van der Waals surface area contributed by atoms with Crippen LogP contribution in [0.5, 0.6) is 0 Å². The molecule has 1 aliphatic rings. The standard InChI is InChI=1S/C16H17N3O6/c1-2-25-14(22)8-18-12(20)7-17-13(21)9-19-15(23)10-5-3-4-6-11(10)16(19)24/h3-6H,2,7-9H2,1H3,(H,17,21)(H,18,20). The van der Waals surface area contributed by atoms with E-state index in [4.69, 9.17) is 0 Å². The molecule has 0 radical (unpaired) electrons. The van der Waals surface area contributed by atoms with Crippen LogP contribution in [0, 0.1) is 0 Å². The van der Waals surface area contributed by atoms with Crippen molar-refractivity contribution in [1.82, 2.24) is 15.5 Å². The molecule has 132 valence electrons. The van der Waals surface area contributed by atoms with E-state index in [2.05, 4.69) is 15.4 Å². The summed E-state index contributed by atoms with van der Waals surface area (Å²) in [5, 5.41) is 4.56. The van der Waals surface area contributed by atoms with E-state index in [1.807, 2.05) is 0 Å². The van der Waals surface area contributed by atoms with Crippen molar-refractivity contribution in [3.63, 3.8) is 0 Å². The third-order valence-electron chi connectivity index (χ3n) is 3.36. The smallest absolute Gasteiger partial charge is 0.325 e. The largest absolute Gasteiger partial charge is 0.465 e. The number of rotatable bonds is 7. The predicted molar refractivity (Wildman–Crippen MR) is 84.5 cm³/mol. The summed E-state index contributed by atoms with van der Waals surface area (Å²) in [5.41, 5.74) is 0.486. The van der Waals surface area contributed by atoms with Gasteiger partial charge in [0.1, 0.15) is 13.1 Å². The van der Waals surface area contributed by atoms with Crippen LogP contribution in [-0.4, -0.2) is 60.7 Å². The third kappa shape index (κ3) is 4.40. The molecule has 1 heterocycles. The van der Waals surface area contributed by atoms with E-state index < -0.39 is 36.1 Å². The Morgan fingerprint density at radius 3 is 2.08 bits per heavy atom. The molecule has 0 aromatic heterocycles. The number of nitrogens with one attached hydrogen (secondary N) is 2. The van der Waals surface area contributed by atoms with E-state index in [0.717, 1.165) is 4.90 Å². The fourth-order valence-electron chi connectivity index (χ4n) is 2.21. The summed E-state index contributed by atoms with van der Waals surface area (Å²) < 4.78 is 4.64. The van der Waals surface area contributed by atoms with Crippen molar-refractivity contribution in [2.24, 2.45) is 0 Å². The van der Waals surface area contributed by atoms with Crippen LogP contribution in [0.2, 0.25) is 0 Å². The first-order chi connectivity index (χ1) is 11.9. The molecule has 0 unspecified atom stereocenters. The van der Waals surface area contributed by atoms with Crippen molar-refractivity contribution in [3.05, 3.63) is 35.4 Å². The minimum Gasteiger partial charge on any atom is -0.465 e. The zero-order valence-electron chi connectivity index (χ0n) is 13.5. The summed E-state index contributed by atoms with van der Waals surface area (Å²) in [7, 11) is 0. The van der Waals surface area contributed by atoms with Gasteiger partial charge < -0.3 is 15.4 Å². The molecule has 0 saturated carbocycles. The average molecular weight is 347 g/mol. The van der Waals surface area contributed by atoms with Crippen LogP contribution in [0.3, 0.4) is 0 Å². The Morgan fingerprint density at radius 1 is 0.960 bits per heavy atom. The van der Waals surface area contributed by atoms with Crippen LogP contribution in [0.15, 0.2) is 24.3 Å². The summed E-state index contributed by atoms with van der Waals surface area (Å²) in [6.07, 6.45) is 0. The number of amides is 4. The second-order valence-corrected chi connectivity index (χ2v) is 5.10. The van der Waals surface area contributed by atoms with Gasteiger partial charge in [-0.1, -0.05) is 12.1 Å². The fourth-order valence-corrected chi connectivity index (χ4v) is 2.21. The van der Waals surface area contributed by atoms with Gasteiger partial charge in [-0.25, -0.2) is 0 Å². The molecule has 1 aromatic rings. The van der Waals surface area contributed by atoms with Crippen LogP contribution >= 0.6 is 0 Å². The van der Waals surface area contributed by atoms with E-state index in [1.54, 1.807) is 19.1 Å². The third-order valence-corrected chi connectivity index (χ3v) is 3.36. The van der Waals surface area contributed by atoms with Crippen LogP contribution < -0.4 is 10.6 Å². The number of ether oxygens (including phenoxy) is 1. The van der Waals surface area contributed by atoms with E-state index in [0.29, 0.717) is 0 Å². The van der Waals surface area contributed by atoms with Crippen LogP contribution in [-0.2, 0) is 19.1 Å². The number of carbonyl (C=O) groups excluding carboxylic acids is 5. The Hall–Kier alpha value is -3.23. The first kappa shape index (κ1) is 18.1. The second kappa shape index (κ2) is 8.04. The number of nitrogens with zero attached hydrogens (tertiary/aromatic N) is 1. The van der Waals surface area contributed by atoms with Crippen molar-refractivity contribution in [2.75, 3.05) is 26.2 Å². The molecule has 0 aliphatic carbocycles. The lowest BCUT2D eigenvalue weighted by Gasteiger charge is -2.13. The molecule has 2 N–H and O–H groups in total. The molecule has 9 heteroatoms. The molecule has 0 bridgehead atoms. The molecular formula is C16H17N3O6. The van der Waals surface area contributed by atoms with E-state index in [1.165, 1.54) is 12.1 Å². The first-order valence-electron chi connectivity index (χ1n) is 7.58. The highest BCUT2D eigenvalue weighted by atomic mass is 16.5. The Kier molecular flexibility index (Phi) is 5.83. The summed E-state index contributed by atoms with van der Waals surface area (Å²) in [5.74, 6) is -2.96. The molecule has 0 saturated heterocycles. The van der Waals surface area contributed by atoms with Gasteiger partial charge in [-0.15, -0.1) is 0 Å². The maximum absolute atomic E-state index is 12.1. The second-order valence-electron chi connectivity index (χ2n) is 5.10. The highest BCUT2D eigenvalue weighted by Gasteiger charge is 2.36. The summed E-state index contributed by atoms with van der Waals surface area (Å²) in [6.45, 7) is 0.657. The number of benzene rings is 1. The molecule has 25 heavy (non-hydrogen) atoms. The molecule has 4 amide bonds. The van der Waals surface area contributed by atoms with Gasteiger partial charge in [-0.05, 0) is 19.1 Å². The predicted octanol–water partition coefficient (Wildman–Crippen LogP) is -0.922. The minimum atomic E-state index is -0.666. The number of hydrogen-bond acceptors (Lipinski definition) is 6. The lowest BCUT2D eigenvalue weighted by atomic mass is 10.1. The number of esters is 1. The molecular weight excluding hydrogens is 330 g/mol. The van der Waals surface area contributed by atoms with Gasteiger partial charge in [-0.3, -0.25) is 28.9 Å². The average Bonchev–Trinajstić information content (AvgIpc) is 2.84. The van der Waals surface area contributed by atoms with Crippen molar-refractivity contribution in [1.29, 1.82) is 0 Å². The van der Waals surface area contributed by atoms with Crippen LogP contribution in [0.1, 0.15) is 27.6 Å². The van der Waals surface area contributed by atoms with E-state index in [-0.39, 0.29) is 30.8 Å². The highest BCUT2D eigenvalue weighted by Crippen LogP contribution is 2.21. The molecule has 1 aliphatic heterocycles. The fraction of sp³-hybridized carbons (Fsp3) is 0.312. The van der Waals surface area contributed by atoms with Crippen molar-refractivity contribution in [3.8, 4) is 0 Å². The van der Waals surface area contributed by atoms with Gasteiger partial charge in [0.25, 0.3) is 11.8 Å². The van der Waals surface area contributed by atoms with Gasteiger partial charge >= 0.3 is 5.97 Å². The molecule has 0 fully saturated rings. The number of carbonyl (C=O) groups is 5. The summed E-state index contributed by atoms with van der Waals surface area (Å²) >= 11 is 0. The zero-order valence-corrected chi connectivity index (χ0v) is 13.5. The van der Waals surface area contributed by atoms with Crippen molar-refractivity contribution >= 4 is 29.6 Å². The summed E-state index contributed by atoms with van der Waals surface area (Å²) in [6, 6.07) is 6.27. The Morgan fingerprint density at radius 2 is 1.52 bits per heavy atom. The summed E-state index contributed by atoms with van der Waals surface area (Å²) in [4.78, 5) is 59.5. The SMILES string of the molecule is CCOC(=O)CNC(=O)CNC(=O)CN1C(=O)c2ccccc2C1=O. The monoisotopic (exact) mass is 347 g/mol. The topological polar surface area (TPSA) is 122 Å². The van der Waals surface area contributed by atoms with E-state index in [9.17, 15) is 24.0 Å². The lowest BCUT2D eigenvalue weighted by molar-refractivity contribution is -0.143. The van der Waals surface area contributed by atoms with Gasteiger partial charge in [-0.2, -0.15) is 0 Å². The van der Waals surface area contributed by atoms with Crippen LogP contribution in [0.25, 0.3) is 0 Å². The zero-order chi connectivity index (χ0) is 18.4. The van der Waals surface area contributed by atoms with E-state index >= 15 is 0 Å². The van der Waals surface area contributed by atoms with Gasteiger partial charge in [0.15, 0.2) is 0 Å². The highest BCUT2D eigenvalue weighted by molar-refractivity contribution is 6.22. The number of imide groups is 1. The lowest BCUT2D eigenvalue weighted by Crippen LogP contribution is -2.44. The quantitative estimate of drug-likeness (QED) is 0.486. The maximum atomic E-state index is 12.1. The molecule has 2 rings (SSSR count). The molecule has 0 atom stereocenters. The Balaban J connectivity index is 1.80. The Bertz CT molecular complexity index is 695. The van der Waals surface area contributed by atoms with Gasteiger partial charge in [0.2, 0.25) is 11.8 Å². The van der Waals surface area contributed by atoms with Crippen molar-refractivity contribution in [2.45, 2.75) is 6.92 Å². The van der Waals surface area contributed by atoms with Crippen LogP contribution in [0.4, 0.5) is 0 Å². The number of hydrogen-bond donors (Lipinski definition) is 2. The van der Waals surface area contributed by atoms with Crippen molar-refractivity contribution < 1.29 is 28.7 Å². The molecule has 1 aromatic carbocycles.